The smallest absolute Gasteiger partial charge is 0.296 e. The first kappa shape index (κ1) is 12.2. The number of aliphatic hydroxyl groups is 2. The largest absolute Gasteiger partial charge is 0.385 e. The van der Waals surface area contributed by atoms with Crippen molar-refractivity contribution in [3.05, 3.63) is 29.3 Å². The fourth-order valence-corrected chi connectivity index (χ4v) is 1.76. The van der Waals surface area contributed by atoms with Crippen molar-refractivity contribution in [2.45, 2.75) is 12.2 Å². The van der Waals surface area contributed by atoms with Crippen LogP contribution < -0.4 is 11.1 Å². The molecule has 1 heterocycles. The summed E-state index contributed by atoms with van der Waals surface area (Å²) >= 11 is 0. The summed E-state index contributed by atoms with van der Waals surface area (Å²) < 4.78 is 0. The number of hydrogen-bond donors (Lipinski definition) is 4. The van der Waals surface area contributed by atoms with E-state index in [4.69, 9.17) is 5.73 Å². The van der Waals surface area contributed by atoms with E-state index in [9.17, 15) is 24.6 Å². The van der Waals surface area contributed by atoms with Gasteiger partial charge >= 0.3 is 0 Å². The Morgan fingerprint density at radius 3 is 2.56 bits per heavy atom. The van der Waals surface area contributed by atoms with Gasteiger partial charge in [0.1, 0.15) is 6.10 Å². The fraction of sp³-hybridized carbons (Fsp3) is 0.182. The molecule has 2 amide bonds. The van der Waals surface area contributed by atoms with Crippen LogP contribution in [0.3, 0.4) is 0 Å². The number of amides is 2. The number of aliphatic hydroxyl groups excluding tert-OH is 2. The van der Waals surface area contributed by atoms with Gasteiger partial charge in [0, 0.05) is 5.56 Å². The highest BCUT2D eigenvalue weighted by molar-refractivity contribution is 6.51. The van der Waals surface area contributed by atoms with E-state index in [0.29, 0.717) is 0 Å². The third-order valence-corrected chi connectivity index (χ3v) is 2.70. The van der Waals surface area contributed by atoms with Gasteiger partial charge in [0.25, 0.3) is 11.7 Å². The number of para-hydroxylation sites is 1. The number of primary amides is 1. The molecule has 0 aromatic heterocycles. The van der Waals surface area contributed by atoms with Crippen LogP contribution in [0.15, 0.2) is 18.2 Å². The number of carbonyl (C=O) groups is 3. The van der Waals surface area contributed by atoms with Crippen LogP contribution in [0.25, 0.3) is 0 Å². The molecule has 0 bridgehead atoms. The number of nitrogens with two attached hydrogens (primary N) is 1. The lowest BCUT2D eigenvalue weighted by Crippen LogP contribution is -2.34. The minimum atomic E-state index is -1.82. The van der Waals surface area contributed by atoms with Crippen molar-refractivity contribution in [1.29, 1.82) is 0 Å². The number of Topliss-reactive ketones (excluding diaryl/α,β-unsaturated/α-hetero) is 1. The molecule has 1 aliphatic heterocycles. The molecule has 94 valence electrons. The molecule has 0 saturated carbocycles. The Kier molecular flexibility index (Phi) is 2.85. The monoisotopic (exact) mass is 250 g/mol. The topological polar surface area (TPSA) is 130 Å². The van der Waals surface area contributed by atoms with Crippen molar-refractivity contribution in [3.8, 4) is 0 Å². The maximum Gasteiger partial charge on any atom is 0.296 e. The molecular weight excluding hydrogens is 240 g/mol. The summed E-state index contributed by atoms with van der Waals surface area (Å²) in [4.78, 5) is 33.4. The van der Waals surface area contributed by atoms with E-state index in [0.717, 1.165) is 0 Å². The van der Waals surface area contributed by atoms with E-state index in [-0.39, 0.29) is 16.8 Å². The van der Waals surface area contributed by atoms with Crippen LogP contribution in [-0.2, 0) is 9.59 Å². The second-order valence-electron chi connectivity index (χ2n) is 3.85. The highest BCUT2D eigenvalue weighted by Gasteiger charge is 2.34. The van der Waals surface area contributed by atoms with Crippen molar-refractivity contribution in [1.82, 2.24) is 0 Å². The molecule has 0 aliphatic carbocycles. The Hall–Kier alpha value is -2.25. The maximum absolute atomic E-state index is 11.4. The van der Waals surface area contributed by atoms with E-state index in [2.05, 4.69) is 5.32 Å². The highest BCUT2D eigenvalue weighted by atomic mass is 16.3. The van der Waals surface area contributed by atoms with Gasteiger partial charge in [0.15, 0.2) is 6.10 Å². The average molecular weight is 250 g/mol. The van der Waals surface area contributed by atoms with Crippen molar-refractivity contribution in [2.75, 3.05) is 5.32 Å². The van der Waals surface area contributed by atoms with Crippen molar-refractivity contribution < 1.29 is 24.6 Å². The molecule has 2 unspecified atom stereocenters. The zero-order valence-corrected chi connectivity index (χ0v) is 9.08. The Bertz CT molecular complexity index is 554. The van der Waals surface area contributed by atoms with Gasteiger partial charge in [-0.2, -0.15) is 0 Å². The van der Waals surface area contributed by atoms with Gasteiger partial charge in [-0.25, -0.2) is 0 Å². The quantitative estimate of drug-likeness (QED) is 0.495. The Balaban J connectivity index is 2.46. The molecule has 5 N–H and O–H groups in total. The predicted molar refractivity (Wildman–Crippen MR) is 59.6 cm³/mol. The van der Waals surface area contributed by atoms with E-state index in [1.165, 1.54) is 18.2 Å². The minimum Gasteiger partial charge on any atom is -0.385 e. The number of carbonyl (C=O) groups excluding carboxylic acids is 3. The molecule has 1 aromatic rings. The second kappa shape index (κ2) is 4.21. The van der Waals surface area contributed by atoms with Gasteiger partial charge in [0.05, 0.1) is 11.3 Å². The van der Waals surface area contributed by atoms with Gasteiger partial charge in [-0.15, -0.1) is 0 Å². The van der Waals surface area contributed by atoms with E-state index >= 15 is 0 Å². The van der Waals surface area contributed by atoms with Crippen LogP contribution in [0.4, 0.5) is 5.69 Å². The molecule has 0 spiro atoms. The van der Waals surface area contributed by atoms with Crippen LogP contribution >= 0.6 is 0 Å². The third-order valence-electron chi connectivity index (χ3n) is 2.70. The molecule has 1 aliphatic rings. The van der Waals surface area contributed by atoms with Crippen molar-refractivity contribution in [3.63, 3.8) is 0 Å². The average Bonchev–Trinajstić information content (AvgIpc) is 2.63. The van der Waals surface area contributed by atoms with Gasteiger partial charge in [-0.05, 0) is 6.07 Å². The first-order valence-electron chi connectivity index (χ1n) is 5.07. The van der Waals surface area contributed by atoms with Gasteiger partial charge < -0.3 is 21.3 Å². The van der Waals surface area contributed by atoms with Crippen LogP contribution in [0.2, 0.25) is 0 Å². The van der Waals surface area contributed by atoms with Gasteiger partial charge in [0.2, 0.25) is 5.91 Å². The van der Waals surface area contributed by atoms with E-state index in [1.807, 2.05) is 0 Å². The van der Waals surface area contributed by atoms with E-state index < -0.39 is 29.8 Å². The lowest BCUT2D eigenvalue weighted by molar-refractivity contribution is -0.131. The fourth-order valence-electron chi connectivity index (χ4n) is 1.76. The van der Waals surface area contributed by atoms with Crippen LogP contribution in [0, 0.1) is 0 Å². The second-order valence-corrected chi connectivity index (χ2v) is 3.85. The lowest BCUT2D eigenvalue weighted by Gasteiger charge is -2.17. The van der Waals surface area contributed by atoms with Gasteiger partial charge in [-0.1, -0.05) is 12.1 Å². The summed E-state index contributed by atoms with van der Waals surface area (Å²) in [6, 6.07) is 4.22. The number of nitrogens with one attached hydrogen (secondary N) is 1. The summed E-state index contributed by atoms with van der Waals surface area (Å²) in [6.07, 6.45) is -3.42. The molecule has 0 saturated heterocycles. The number of fused-ring (bicyclic) bond motifs is 1. The first-order valence-corrected chi connectivity index (χ1v) is 5.07. The molecule has 2 atom stereocenters. The molecule has 2 rings (SSSR count). The molecule has 0 radical (unpaired) electrons. The van der Waals surface area contributed by atoms with Crippen LogP contribution in [-0.4, -0.2) is 33.9 Å². The summed E-state index contributed by atoms with van der Waals surface area (Å²) in [5.74, 6) is -2.65. The number of hydrogen-bond acceptors (Lipinski definition) is 5. The number of anilines is 1. The Morgan fingerprint density at radius 1 is 1.28 bits per heavy atom. The summed E-state index contributed by atoms with van der Waals surface area (Å²) in [5, 5.41) is 21.5. The molecule has 7 nitrogen and oxygen atoms in total. The number of ketones is 1. The normalized spacial score (nSPS) is 17.0. The SMILES string of the molecule is NC(=O)C(O)C(O)c1cccc2c1NC(=O)C2=O. The predicted octanol–water partition coefficient (Wildman–Crippen LogP) is -1.30. The molecular formula is C11H10N2O5. The number of rotatable bonds is 3. The minimum absolute atomic E-state index is 0.0676. The maximum atomic E-state index is 11.4. The van der Waals surface area contributed by atoms with Gasteiger partial charge in [-0.3, -0.25) is 14.4 Å². The zero-order valence-electron chi connectivity index (χ0n) is 9.08. The standard InChI is InChI=1S/C11H10N2O5/c12-10(17)9(16)7(14)4-2-1-3-5-6(4)13-11(18)8(5)15/h1-3,7,9,14,16H,(H2,12,17)(H,13,15,18). The molecule has 7 heteroatoms. The molecule has 18 heavy (non-hydrogen) atoms. The van der Waals surface area contributed by atoms with E-state index in [1.54, 1.807) is 0 Å². The van der Waals surface area contributed by atoms with Crippen LogP contribution in [0.1, 0.15) is 22.0 Å². The van der Waals surface area contributed by atoms with Crippen molar-refractivity contribution >= 4 is 23.3 Å². The molecule has 1 aromatic carbocycles. The molecule has 0 fully saturated rings. The summed E-state index contributed by atoms with van der Waals surface area (Å²) in [5.41, 5.74) is 5.13. The highest BCUT2D eigenvalue weighted by Crippen LogP contribution is 2.32. The first-order chi connectivity index (χ1) is 8.43. The Morgan fingerprint density at radius 2 is 1.94 bits per heavy atom. The third kappa shape index (κ3) is 1.75. The summed E-state index contributed by atoms with van der Waals surface area (Å²) in [6.45, 7) is 0. The summed E-state index contributed by atoms with van der Waals surface area (Å²) in [7, 11) is 0. The zero-order chi connectivity index (χ0) is 13.4. The number of benzene rings is 1. The van der Waals surface area contributed by atoms with Crippen molar-refractivity contribution in [2.24, 2.45) is 5.73 Å². The lowest BCUT2D eigenvalue weighted by atomic mass is 9.99. The Labute approximate surface area is 101 Å². The van der Waals surface area contributed by atoms with Crippen LogP contribution in [0.5, 0.6) is 0 Å².